The van der Waals surface area contributed by atoms with E-state index >= 15 is 0 Å². The Morgan fingerprint density at radius 3 is 2.40 bits per heavy atom. The Morgan fingerprint density at radius 1 is 1.20 bits per heavy atom. The van der Waals surface area contributed by atoms with E-state index in [1.807, 2.05) is 13.8 Å². The Bertz CT molecular complexity index is 477. The van der Waals surface area contributed by atoms with Crippen molar-refractivity contribution in [2.45, 2.75) is 20.8 Å². The van der Waals surface area contributed by atoms with Gasteiger partial charge in [-0.2, -0.15) is 0 Å². The summed E-state index contributed by atoms with van der Waals surface area (Å²) in [6, 6.07) is 0.824. The maximum Gasteiger partial charge on any atom is 0.146 e. The second kappa shape index (κ2) is 4.90. The van der Waals surface area contributed by atoms with Crippen LogP contribution in [0, 0.1) is 18.6 Å². The first-order chi connectivity index (χ1) is 7.11. The SMILES string of the molecule is CC.Cc1csc2c(Cl)c(F)cc(F)c12. The monoisotopic (exact) mass is 248 g/mol. The van der Waals surface area contributed by atoms with E-state index in [1.165, 1.54) is 11.3 Å². The summed E-state index contributed by atoms with van der Waals surface area (Å²) in [4.78, 5) is 0. The van der Waals surface area contributed by atoms with Gasteiger partial charge in [-0.1, -0.05) is 25.4 Å². The van der Waals surface area contributed by atoms with Crippen LogP contribution in [0.15, 0.2) is 11.4 Å². The van der Waals surface area contributed by atoms with Gasteiger partial charge in [0, 0.05) is 11.5 Å². The van der Waals surface area contributed by atoms with E-state index < -0.39 is 11.6 Å². The van der Waals surface area contributed by atoms with Crippen LogP contribution >= 0.6 is 22.9 Å². The Kier molecular flexibility index (Phi) is 4.05. The molecule has 0 aliphatic heterocycles. The molecule has 1 aromatic carbocycles. The molecule has 0 aliphatic carbocycles. The van der Waals surface area contributed by atoms with Crippen molar-refractivity contribution in [1.82, 2.24) is 0 Å². The van der Waals surface area contributed by atoms with Crippen LogP contribution in [0.5, 0.6) is 0 Å². The third-order valence-corrected chi connectivity index (χ3v) is 3.47. The molecule has 0 amide bonds. The van der Waals surface area contributed by atoms with Crippen molar-refractivity contribution in [2.75, 3.05) is 0 Å². The normalized spacial score (nSPS) is 10.0. The van der Waals surface area contributed by atoms with E-state index in [-0.39, 0.29) is 5.02 Å². The molecule has 2 aromatic rings. The summed E-state index contributed by atoms with van der Waals surface area (Å²) in [5, 5.41) is 2.20. The second-order valence-electron chi connectivity index (χ2n) is 2.78. The fraction of sp³-hybridized carbons (Fsp3) is 0.273. The summed E-state index contributed by atoms with van der Waals surface area (Å²) < 4.78 is 26.7. The van der Waals surface area contributed by atoms with Crippen LogP contribution < -0.4 is 0 Å². The zero-order chi connectivity index (χ0) is 11.6. The van der Waals surface area contributed by atoms with Crippen LogP contribution in [-0.2, 0) is 0 Å². The summed E-state index contributed by atoms with van der Waals surface area (Å²) >= 11 is 6.94. The highest BCUT2D eigenvalue weighted by Crippen LogP contribution is 2.35. The highest BCUT2D eigenvalue weighted by Gasteiger charge is 2.13. The minimum absolute atomic E-state index is 0.00880. The van der Waals surface area contributed by atoms with E-state index in [2.05, 4.69) is 0 Å². The lowest BCUT2D eigenvalue weighted by atomic mass is 10.2. The summed E-state index contributed by atoms with van der Waals surface area (Å²) in [5.41, 5.74) is 0.791. The van der Waals surface area contributed by atoms with Crippen molar-refractivity contribution in [3.63, 3.8) is 0 Å². The van der Waals surface area contributed by atoms with Gasteiger partial charge in [0.15, 0.2) is 0 Å². The highest BCUT2D eigenvalue weighted by atomic mass is 35.5. The molecule has 1 heterocycles. The van der Waals surface area contributed by atoms with Crippen LogP contribution in [0.25, 0.3) is 10.1 Å². The lowest BCUT2D eigenvalue weighted by Crippen LogP contribution is -1.83. The van der Waals surface area contributed by atoms with Crippen molar-refractivity contribution in [1.29, 1.82) is 0 Å². The maximum absolute atomic E-state index is 13.2. The number of rotatable bonds is 0. The van der Waals surface area contributed by atoms with Crippen LogP contribution in [0.3, 0.4) is 0 Å². The van der Waals surface area contributed by atoms with Gasteiger partial charge >= 0.3 is 0 Å². The zero-order valence-corrected chi connectivity index (χ0v) is 10.3. The lowest BCUT2D eigenvalue weighted by Gasteiger charge is -1.98. The minimum atomic E-state index is -0.700. The Balaban J connectivity index is 0.000000531. The third kappa shape index (κ3) is 2.13. The first-order valence-corrected chi connectivity index (χ1v) is 5.88. The molecule has 0 saturated heterocycles. The average molecular weight is 249 g/mol. The molecule has 15 heavy (non-hydrogen) atoms. The number of hydrogen-bond acceptors (Lipinski definition) is 1. The molecule has 0 N–H and O–H groups in total. The van der Waals surface area contributed by atoms with Gasteiger partial charge in [0.05, 0.1) is 9.72 Å². The molecule has 0 fully saturated rings. The molecule has 2 rings (SSSR count). The fourth-order valence-corrected chi connectivity index (χ4v) is 2.53. The van der Waals surface area contributed by atoms with Gasteiger partial charge in [-0.3, -0.25) is 0 Å². The summed E-state index contributed by atoms with van der Waals surface area (Å²) in [5.74, 6) is -1.25. The predicted molar refractivity (Wildman–Crippen MR) is 62.8 cm³/mol. The van der Waals surface area contributed by atoms with E-state index in [4.69, 9.17) is 11.6 Å². The molecular weight excluding hydrogens is 238 g/mol. The number of halogens is 3. The van der Waals surface area contributed by atoms with Gasteiger partial charge in [-0.15, -0.1) is 11.3 Å². The summed E-state index contributed by atoms with van der Waals surface area (Å²) in [6.45, 7) is 5.77. The summed E-state index contributed by atoms with van der Waals surface area (Å²) in [6.07, 6.45) is 0. The molecule has 0 saturated carbocycles. The quantitative estimate of drug-likeness (QED) is 0.565. The molecule has 4 heteroatoms. The molecule has 0 bridgehead atoms. The van der Waals surface area contributed by atoms with Crippen molar-refractivity contribution >= 4 is 33.0 Å². The van der Waals surface area contributed by atoms with Gasteiger partial charge in [0.2, 0.25) is 0 Å². The Hall–Kier alpha value is -0.670. The molecule has 82 valence electrons. The number of benzene rings is 1. The fourth-order valence-electron chi connectivity index (χ4n) is 1.26. The standard InChI is InChI=1S/C9H5ClF2S.C2H6/c1-4-3-13-9-7(4)5(11)2-6(12)8(9)10;1-2/h2-3H,1H3;1-2H3. The van der Waals surface area contributed by atoms with E-state index in [0.29, 0.717) is 10.1 Å². The molecule has 0 radical (unpaired) electrons. The smallest absolute Gasteiger partial charge is 0.146 e. The molecule has 0 nitrogen and oxygen atoms in total. The molecule has 0 aliphatic rings. The van der Waals surface area contributed by atoms with E-state index in [9.17, 15) is 8.78 Å². The minimum Gasteiger partial charge on any atom is -0.206 e. The number of hydrogen-bond donors (Lipinski definition) is 0. The number of thiophene rings is 1. The molecule has 0 atom stereocenters. The van der Waals surface area contributed by atoms with Crippen LogP contribution in [0.4, 0.5) is 8.78 Å². The van der Waals surface area contributed by atoms with Gasteiger partial charge in [0.1, 0.15) is 11.6 Å². The third-order valence-electron chi connectivity index (χ3n) is 1.88. The van der Waals surface area contributed by atoms with Crippen molar-refractivity contribution < 1.29 is 8.78 Å². The molecular formula is C11H11ClF2S. The van der Waals surface area contributed by atoms with Gasteiger partial charge < -0.3 is 0 Å². The summed E-state index contributed by atoms with van der Waals surface area (Å²) in [7, 11) is 0. The van der Waals surface area contributed by atoms with Crippen LogP contribution in [0.2, 0.25) is 5.02 Å². The topological polar surface area (TPSA) is 0 Å². The Morgan fingerprint density at radius 2 is 1.80 bits per heavy atom. The van der Waals surface area contributed by atoms with Crippen LogP contribution in [0.1, 0.15) is 19.4 Å². The maximum atomic E-state index is 13.2. The average Bonchev–Trinajstić information content (AvgIpc) is 2.61. The largest absolute Gasteiger partial charge is 0.206 e. The van der Waals surface area contributed by atoms with Gasteiger partial charge in [0.25, 0.3) is 0 Å². The van der Waals surface area contributed by atoms with E-state index in [1.54, 1.807) is 12.3 Å². The predicted octanol–water partition coefficient (Wildman–Crippen LogP) is 5.17. The molecule has 0 unspecified atom stereocenters. The Labute approximate surface area is 96.5 Å². The lowest BCUT2D eigenvalue weighted by molar-refractivity contribution is 0.592. The number of fused-ring (bicyclic) bond motifs is 1. The van der Waals surface area contributed by atoms with Crippen molar-refractivity contribution in [3.8, 4) is 0 Å². The first-order valence-electron chi connectivity index (χ1n) is 4.62. The van der Waals surface area contributed by atoms with Crippen molar-refractivity contribution in [3.05, 3.63) is 33.7 Å². The zero-order valence-electron chi connectivity index (χ0n) is 8.70. The number of aryl methyl sites for hydroxylation is 1. The second-order valence-corrected chi connectivity index (χ2v) is 4.03. The van der Waals surface area contributed by atoms with Crippen LogP contribution in [-0.4, -0.2) is 0 Å². The molecule has 0 spiro atoms. The van der Waals surface area contributed by atoms with Crippen molar-refractivity contribution in [2.24, 2.45) is 0 Å². The molecule has 1 aromatic heterocycles. The highest BCUT2D eigenvalue weighted by molar-refractivity contribution is 7.18. The van der Waals surface area contributed by atoms with Gasteiger partial charge in [-0.25, -0.2) is 8.78 Å². The van der Waals surface area contributed by atoms with Gasteiger partial charge in [-0.05, 0) is 17.9 Å². The first kappa shape index (κ1) is 12.4. The van der Waals surface area contributed by atoms with E-state index in [0.717, 1.165) is 11.6 Å².